The maximum atomic E-state index is 5.74. The number of dihydropyridines is 1. The molecule has 3 nitrogen and oxygen atoms in total. The minimum Gasteiger partial charge on any atom is -0.323 e. The SMILES string of the molecule is NC1C=C(c2ccccn2)C=NC1. The van der Waals surface area contributed by atoms with E-state index in [0.717, 1.165) is 11.3 Å². The van der Waals surface area contributed by atoms with E-state index in [2.05, 4.69) is 9.98 Å². The Labute approximate surface area is 77.0 Å². The Balaban J connectivity index is 2.32. The molecule has 0 aromatic carbocycles. The second-order valence-electron chi connectivity index (χ2n) is 3.00. The van der Waals surface area contributed by atoms with Crippen LogP contribution >= 0.6 is 0 Å². The Bertz CT molecular complexity index is 340. The summed E-state index contributed by atoms with van der Waals surface area (Å²) in [6, 6.07) is 5.83. The van der Waals surface area contributed by atoms with E-state index in [4.69, 9.17) is 5.73 Å². The standard InChI is InChI=1S/C10H11N3/c11-9-5-8(6-12-7-9)10-3-1-2-4-13-10/h1-6,9H,7,11H2. The number of nitrogens with zero attached hydrogens (tertiary/aromatic N) is 2. The minimum atomic E-state index is 0.0296. The fourth-order valence-electron chi connectivity index (χ4n) is 1.28. The van der Waals surface area contributed by atoms with Crippen molar-refractivity contribution in [1.29, 1.82) is 0 Å². The first kappa shape index (κ1) is 8.13. The number of aliphatic imine (C=N–C) groups is 1. The number of allylic oxidation sites excluding steroid dienone is 1. The van der Waals surface area contributed by atoms with Crippen LogP contribution in [0.15, 0.2) is 35.5 Å². The van der Waals surface area contributed by atoms with E-state index in [-0.39, 0.29) is 6.04 Å². The zero-order valence-electron chi connectivity index (χ0n) is 7.22. The molecule has 0 spiro atoms. The highest BCUT2D eigenvalue weighted by Crippen LogP contribution is 2.12. The maximum absolute atomic E-state index is 5.74. The fraction of sp³-hybridized carbons (Fsp3) is 0.200. The van der Waals surface area contributed by atoms with E-state index in [1.54, 1.807) is 6.20 Å². The molecular formula is C10H11N3. The van der Waals surface area contributed by atoms with Gasteiger partial charge in [-0.1, -0.05) is 12.1 Å². The molecule has 0 saturated heterocycles. The van der Waals surface area contributed by atoms with E-state index < -0.39 is 0 Å². The summed E-state index contributed by atoms with van der Waals surface area (Å²) < 4.78 is 0. The lowest BCUT2D eigenvalue weighted by Crippen LogP contribution is -2.23. The summed E-state index contributed by atoms with van der Waals surface area (Å²) in [5.41, 5.74) is 7.69. The number of rotatable bonds is 1. The Morgan fingerprint density at radius 3 is 3.00 bits per heavy atom. The van der Waals surface area contributed by atoms with Crippen molar-refractivity contribution >= 4 is 11.8 Å². The van der Waals surface area contributed by atoms with Crippen LogP contribution in [0, 0.1) is 0 Å². The van der Waals surface area contributed by atoms with Crippen molar-refractivity contribution in [2.24, 2.45) is 10.7 Å². The average Bonchev–Trinajstić information content (AvgIpc) is 2.19. The number of hydrogen-bond donors (Lipinski definition) is 1. The molecule has 2 rings (SSSR count). The van der Waals surface area contributed by atoms with E-state index in [1.165, 1.54) is 0 Å². The minimum absolute atomic E-state index is 0.0296. The molecule has 13 heavy (non-hydrogen) atoms. The molecule has 0 aliphatic carbocycles. The number of pyridine rings is 1. The molecule has 0 amide bonds. The highest BCUT2D eigenvalue weighted by Gasteiger charge is 2.07. The summed E-state index contributed by atoms with van der Waals surface area (Å²) in [6.07, 6.45) is 5.59. The molecule has 2 heterocycles. The highest BCUT2D eigenvalue weighted by molar-refractivity contribution is 6.09. The van der Waals surface area contributed by atoms with Crippen LogP contribution in [-0.2, 0) is 0 Å². The van der Waals surface area contributed by atoms with E-state index in [1.807, 2.05) is 30.5 Å². The third-order valence-electron chi connectivity index (χ3n) is 1.90. The lowest BCUT2D eigenvalue weighted by molar-refractivity contribution is 0.822. The van der Waals surface area contributed by atoms with Crippen molar-refractivity contribution in [3.05, 3.63) is 36.2 Å². The fourth-order valence-corrected chi connectivity index (χ4v) is 1.28. The average molecular weight is 173 g/mol. The normalized spacial score (nSPS) is 21.3. The first-order valence-electron chi connectivity index (χ1n) is 4.25. The van der Waals surface area contributed by atoms with Crippen LogP contribution in [0.2, 0.25) is 0 Å². The number of hydrogen-bond acceptors (Lipinski definition) is 3. The summed E-state index contributed by atoms with van der Waals surface area (Å²) in [6.45, 7) is 0.677. The van der Waals surface area contributed by atoms with Crippen LogP contribution < -0.4 is 5.73 Å². The molecule has 1 aromatic rings. The Morgan fingerprint density at radius 1 is 1.38 bits per heavy atom. The van der Waals surface area contributed by atoms with Gasteiger partial charge < -0.3 is 5.73 Å². The zero-order valence-corrected chi connectivity index (χ0v) is 7.22. The van der Waals surface area contributed by atoms with Gasteiger partial charge in [0.25, 0.3) is 0 Å². The molecule has 2 N–H and O–H groups in total. The number of nitrogens with two attached hydrogens (primary N) is 1. The Morgan fingerprint density at radius 2 is 2.31 bits per heavy atom. The smallest absolute Gasteiger partial charge is 0.0714 e. The van der Waals surface area contributed by atoms with Crippen LogP contribution in [0.1, 0.15) is 5.69 Å². The maximum Gasteiger partial charge on any atom is 0.0714 e. The van der Waals surface area contributed by atoms with Gasteiger partial charge in [-0.25, -0.2) is 0 Å². The van der Waals surface area contributed by atoms with Crippen molar-refractivity contribution in [3.63, 3.8) is 0 Å². The van der Waals surface area contributed by atoms with Crippen LogP contribution in [0.5, 0.6) is 0 Å². The molecule has 1 atom stereocenters. The summed E-state index contributed by atoms with van der Waals surface area (Å²) in [4.78, 5) is 8.38. The molecule has 0 radical (unpaired) electrons. The van der Waals surface area contributed by atoms with Crippen molar-refractivity contribution < 1.29 is 0 Å². The van der Waals surface area contributed by atoms with E-state index in [9.17, 15) is 0 Å². The van der Waals surface area contributed by atoms with Crippen molar-refractivity contribution in [2.45, 2.75) is 6.04 Å². The molecule has 3 heteroatoms. The second-order valence-corrected chi connectivity index (χ2v) is 3.00. The molecule has 1 unspecified atom stereocenters. The van der Waals surface area contributed by atoms with Gasteiger partial charge in [-0.3, -0.25) is 9.98 Å². The van der Waals surface area contributed by atoms with Gasteiger partial charge in [0.05, 0.1) is 12.2 Å². The molecule has 66 valence electrons. The van der Waals surface area contributed by atoms with Crippen LogP contribution in [0.25, 0.3) is 5.57 Å². The second kappa shape index (κ2) is 3.49. The molecule has 1 aromatic heterocycles. The van der Waals surface area contributed by atoms with Gasteiger partial charge in [0.1, 0.15) is 0 Å². The molecule has 1 aliphatic heterocycles. The summed E-state index contributed by atoms with van der Waals surface area (Å²) in [5, 5.41) is 0. The summed E-state index contributed by atoms with van der Waals surface area (Å²) in [5.74, 6) is 0. The van der Waals surface area contributed by atoms with Gasteiger partial charge in [-0.15, -0.1) is 0 Å². The molecule has 0 fully saturated rings. The third kappa shape index (κ3) is 1.81. The molecule has 0 saturated carbocycles. The lowest BCUT2D eigenvalue weighted by atomic mass is 10.1. The monoisotopic (exact) mass is 173 g/mol. The summed E-state index contributed by atoms with van der Waals surface area (Å²) in [7, 11) is 0. The predicted octanol–water partition coefficient (Wildman–Crippen LogP) is 0.877. The van der Waals surface area contributed by atoms with Crippen molar-refractivity contribution in [2.75, 3.05) is 6.54 Å². The van der Waals surface area contributed by atoms with Gasteiger partial charge in [0.15, 0.2) is 0 Å². The first-order valence-corrected chi connectivity index (χ1v) is 4.25. The first-order chi connectivity index (χ1) is 6.36. The van der Waals surface area contributed by atoms with E-state index in [0.29, 0.717) is 6.54 Å². The van der Waals surface area contributed by atoms with Crippen LogP contribution in [0.4, 0.5) is 0 Å². The number of aromatic nitrogens is 1. The molecule has 1 aliphatic rings. The third-order valence-corrected chi connectivity index (χ3v) is 1.90. The van der Waals surface area contributed by atoms with Crippen molar-refractivity contribution in [3.8, 4) is 0 Å². The Kier molecular flexibility index (Phi) is 2.19. The van der Waals surface area contributed by atoms with Crippen LogP contribution in [-0.4, -0.2) is 23.8 Å². The van der Waals surface area contributed by atoms with Crippen LogP contribution in [0.3, 0.4) is 0 Å². The van der Waals surface area contributed by atoms with Gasteiger partial charge in [-0.05, 0) is 12.1 Å². The van der Waals surface area contributed by atoms with E-state index >= 15 is 0 Å². The quantitative estimate of drug-likeness (QED) is 0.685. The summed E-state index contributed by atoms with van der Waals surface area (Å²) >= 11 is 0. The topological polar surface area (TPSA) is 51.3 Å². The van der Waals surface area contributed by atoms with Gasteiger partial charge in [0.2, 0.25) is 0 Å². The molecular weight excluding hydrogens is 162 g/mol. The zero-order chi connectivity index (χ0) is 9.10. The van der Waals surface area contributed by atoms with Crippen molar-refractivity contribution in [1.82, 2.24) is 4.98 Å². The Hall–Kier alpha value is -1.48. The lowest BCUT2D eigenvalue weighted by Gasteiger charge is -2.10. The highest BCUT2D eigenvalue weighted by atomic mass is 14.8. The van der Waals surface area contributed by atoms with Gasteiger partial charge in [0, 0.05) is 24.0 Å². The van der Waals surface area contributed by atoms with Gasteiger partial charge >= 0.3 is 0 Å². The predicted molar refractivity (Wildman–Crippen MR) is 53.5 cm³/mol. The van der Waals surface area contributed by atoms with Gasteiger partial charge in [-0.2, -0.15) is 0 Å². The largest absolute Gasteiger partial charge is 0.323 e. The molecule has 0 bridgehead atoms.